The van der Waals surface area contributed by atoms with Crippen LogP contribution in [-0.2, 0) is 0 Å². The van der Waals surface area contributed by atoms with Crippen molar-refractivity contribution in [3.05, 3.63) is 60.8 Å². The molecule has 0 radical (unpaired) electrons. The summed E-state index contributed by atoms with van der Waals surface area (Å²) in [6.07, 6.45) is 3.22. The van der Waals surface area contributed by atoms with E-state index in [1.807, 2.05) is 18.2 Å². The largest absolute Gasteiger partial charge is 0.380 e. The first kappa shape index (κ1) is 15.3. The molecule has 0 saturated carbocycles. The maximum Gasteiger partial charge on any atom is 0.222 e. The van der Waals surface area contributed by atoms with Crippen molar-refractivity contribution in [1.29, 1.82) is 0 Å². The van der Waals surface area contributed by atoms with Crippen molar-refractivity contribution in [3.8, 4) is 22.5 Å². The van der Waals surface area contributed by atoms with Crippen LogP contribution in [0.1, 0.15) is 0 Å². The molecule has 0 spiro atoms. The summed E-state index contributed by atoms with van der Waals surface area (Å²) >= 11 is 0. The van der Waals surface area contributed by atoms with Crippen molar-refractivity contribution in [1.82, 2.24) is 35.0 Å². The Morgan fingerprint density at radius 2 is 1.81 bits per heavy atom. The molecule has 3 heterocycles. The van der Waals surface area contributed by atoms with Crippen LogP contribution in [0.2, 0.25) is 0 Å². The van der Waals surface area contributed by atoms with Crippen LogP contribution in [0.3, 0.4) is 0 Å². The van der Waals surface area contributed by atoms with Gasteiger partial charge in [0, 0.05) is 22.7 Å². The molecular formula is C18H11FN8. The lowest BCUT2D eigenvalue weighted by atomic mass is 10.0. The molecule has 5 rings (SSSR count). The van der Waals surface area contributed by atoms with Crippen LogP contribution < -0.4 is 5.73 Å². The Morgan fingerprint density at radius 3 is 2.67 bits per heavy atom. The van der Waals surface area contributed by atoms with Gasteiger partial charge in [0.1, 0.15) is 17.8 Å². The predicted octanol–water partition coefficient (Wildman–Crippen LogP) is 2.52. The molecule has 0 unspecified atom stereocenters. The van der Waals surface area contributed by atoms with Gasteiger partial charge in [-0.05, 0) is 46.8 Å². The van der Waals surface area contributed by atoms with E-state index in [9.17, 15) is 4.39 Å². The second kappa shape index (κ2) is 5.77. The predicted molar refractivity (Wildman–Crippen MR) is 96.9 cm³/mol. The Labute approximate surface area is 151 Å². The molecule has 27 heavy (non-hydrogen) atoms. The molecule has 0 aliphatic carbocycles. The number of benzene rings is 2. The third-order valence-corrected chi connectivity index (χ3v) is 4.26. The Morgan fingerprint density at radius 1 is 1.00 bits per heavy atom. The first-order valence-electron chi connectivity index (χ1n) is 8.04. The molecule has 0 aliphatic rings. The molecule has 0 bridgehead atoms. The highest BCUT2D eigenvalue weighted by Crippen LogP contribution is 2.33. The number of fused-ring (bicyclic) bond motifs is 2. The second-order valence-corrected chi connectivity index (χ2v) is 5.91. The van der Waals surface area contributed by atoms with E-state index < -0.39 is 0 Å². The van der Waals surface area contributed by atoms with E-state index in [1.165, 1.54) is 23.0 Å². The highest BCUT2D eigenvalue weighted by molar-refractivity contribution is 5.88. The van der Waals surface area contributed by atoms with E-state index in [0.717, 1.165) is 16.5 Å². The van der Waals surface area contributed by atoms with E-state index in [1.54, 1.807) is 18.3 Å². The minimum atomic E-state index is -0.334. The summed E-state index contributed by atoms with van der Waals surface area (Å²) in [6.45, 7) is 0. The highest BCUT2D eigenvalue weighted by Gasteiger charge is 2.19. The van der Waals surface area contributed by atoms with Gasteiger partial charge in [0.15, 0.2) is 5.82 Å². The fourth-order valence-corrected chi connectivity index (χ4v) is 3.02. The Balaban J connectivity index is 1.85. The second-order valence-electron chi connectivity index (χ2n) is 5.91. The van der Waals surface area contributed by atoms with Crippen molar-refractivity contribution in [3.63, 3.8) is 0 Å². The average Bonchev–Trinajstić information content (AvgIpc) is 3.18. The molecule has 9 heteroatoms. The monoisotopic (exact) mass is 358 g/mol. The van der Waals surface area contributed by atoms with E-state index in [2.05, 4.69) is 30.5 Å². The zero-order valence-corrected chi connectivity index (χ0v) is 13.8. The molecule has 0 saturated heterocycles. The molecular weight excluding hydrogens is 347 g/mol. The van der Waals surface area contributed by atoms with Crippen LogP contribution >= 0.6 is 0 Å². The van der Waals surface area contributed by atoms with Crippen molar-refractivity contribution < 1.29 is 4.39 Å². The summed E-state index contributed by atoms with van der Waals surface area (Å²) in [7, 11) is 0. The molecule has 0 atom stereocenters. The third kappa shape index (κ3) is 2.44. The lowest BCUT2D eigenvalue weighted by Gasteiger charge is -2.12. The third-order valence-electron chi connectivity index (χ3n) is 4.26. The molecule has 2 N–H and O–H groups in total. The minimum Gasteiger partial charge on any atom is -0.380 e. The zero-order chi connectivity index (χ0) is 18.4. The fraction of sp³-hybridized carbons (Fsp3) is 0. The van der Waals surface area contributed by atoms with Crippen LogP contribution in [-0.4, -0.2) is 35.0 Å². The standard InChI is InChI=1S/C18H11FN8/c19-13-4-1-10(2-5-13)15-16(27-18(17(20)23-15)24-25-26-27)11-3-6-14-12(7-11)8-21-9-22-14/h1-9H,(H2,20,23). The molecule has 3 aromatic heterocycles. The first-order chi connectivity index (χ1) is 13.2. The Kier molecular flexibility index (Phi) is 3.26. The number of hydrogen-bond acceptors (Lipinski definition) is 7. The number of nitrogens with zero attached hydrogens (tertiary/aromatic N) is 7. The summed E-state index contributed by atoms with van der Waals surface area (Å²) in [6, 6.07) is 11.7. The van der Waals surface area contributed by atoms with Gasteiger partial charge in [0.2, 0.25) is 5.65 Å². The van der Waals surface area contributed by atoms with Gasteiger partial charge in [-0.15, -0.1) is 5.10 Å². The van der Waals surface area contributed by atoms with Crippen molar-refractivity contribution >= 4 is 22.4 Å². The van der Waals surface area contributed by atoms with Gasteiger partial charge in [-0.25, -0.2) is 19.3 Å². The van der Waals surface area contributed by atoms with Gasteiger partial charge in [-0.3, -0.25) is 0 Å². The van der Waals surface area contributed by atoms with Gasteiger partial charge in [0.05, 0.1) is 11.2 Å². The van der Waals surface area contributed by atoms with E-state index in [4.69, 9.17) is 5.73 Å². The van der Waals surface area contributed by atoms with Crippen LogP contribution in [0.5, 0.6) is 0 Å². The fourth-order valence-electron chi connectivity index (χ4n) is 3.02. The maximum absolute atomic E-state index is 13.4. The summed E-state index contributed by atoms with van der Waals surface area (Å²) in [4.78, 5) is 12.8. The zero-order valence-electron chi connectivity index (χ0n) is 13.8. The molecule has 5 aromatic rings. The van der Waals surface area contributed by atoms with Crippen molar-refractivity contribution in [2.75, 3.05) is 5.73 Å². The van der Waals surface area contributed by atoms with Crippen molar-refractivity contribution in [2.24, 2.45) is 0 Å². The molecule has 2 aromatic carbocycles. The summed E-state index contributed by atoms with van der Waals surface area (Å²) in [5, 5.41) is 12.6. The quantitative estimate of drug-likeness (QED) is 0.516. The topological polar surface area (TPSA) is 108 Å². The number of hydrogen-bond donors (Lipinski definition) is 1. The average molecular weight is 358 g/mol. The molecule has 8 nitrogen and oxygen atoms in total. The number of rotatable bonds is 2. The van der Waals surface area contributed by atoms with E-state index in [-0.39, 0.29) is 11.6 Å². The molecule has 0 aliphatic heterocycles. The van der Waals surface area contributed by atoms with Crippen LogP contribution in [0.4, 0.5) is 10.2 Å². The lowest BCUT2D eigenvalue weighted by Crippen LogP contribution is -2.05. The molecule has 130 valence electrons. The van der Waals surface area contributed by atoms with Crippen LogP contribution in [0, 0.1) is 5.82 Å². The first-order valence-corrected chi connectivity index (χ1v) is 8.04. The summed E-state index contributed by atoms with van der Waals surface area (Å²) in [5.41, 5.74) is 9.89. The normalized spacial score (nSPS) is 11.3. The number of anilines is 1. The van der Waals surface area contributed by atoms with Gasteiger partial charge >= 0.3 is 0 Å². The minimum absolute atomic E-state index is 0.187. The van der Waals surface area contributed by atoms with Crippen molar-refractivity contribution in [2.45, 2.75) is 0 Å². The van der Waals surface area contributed by atoms with Crippen LogP contribution in [0.15, 0.2) is 55.0 Å². The Hall–Kier alpha value is -4.01. The summed E-state index contributed by atoms with van der Waals surface area (Å²) < 4.78 is 14.9. The molecule has 0 amide bonds. The SMILES string of the molecule is Nc1nc(-c2ccc(F)cc2)c(-c2ccc3ncncc3c2)n2nnnc12. The van der Waals surface area contributed by atoms with E-state index in [0.29, 0.717) is 22.6 Å². The van der Waals surface area contributed by atoms with Gasteiger partial charge in [0.25, 0.3) is 0 Å². The van der Waals surface area contributed by atoms with Gasteiger partial charge in [-0.1, -0.05) is 6.07 Å². The molecule has 0 fully saturated rings. The summed E-state index contributed by atoms with van der Waals surface area (Å²) in [5.74, 6) is -0.146. The van der Waals surface area contributed by atoms with E-state index >= 15 is 0 Å². The maximum atomic E-state index is 13.4. The number of aromatic nitrogens is 7. The number of tetrazole rings is 1. The number of nitrogens with two attached hydrogens (primary N) is 1. The van der Waals surface area contributed by atoms with Gasteiger partial charge in [-0.2, -0.15) is 4.52 Å². The number of halogens is 1. The van der Waals surface area contributed by atoms with Gasteiger partial charge < -0.3 is 5.73 Å². The van der Waals surface area contributed by atoms with Crippen LogP contribution in [0.25, 0.3) is 39.1 Å². The smallest absolute Gasteiger partial charge is 0.222 e. The number of nitrogen functional groups attached to an aromatic ring is 1. The lowest BCUT2D eigenvalue weighted by molar-refractivity contribution is 0.628. The Bertz CT molecular complexity index is 1300. The highest BCUT2D eigenvalue weighted by atomic mass is 19.1.